The van der Waals surface area contributed by atoms with Crippen LogP contribution in [0.2, 0.25) is 0 Å². The van der Waals surface area contributed by atoms with Crippen LogP contribution in [0, 0.1) is 11.8 Å². The fraction of sp³-hybridized carbons (Fsp3) is 0.778. The highest BCUT2D eigenvalue weighted by Gasteiger charge is 2.34. The van der Waals surface area contributed by atoms with Crippen molar-refractivity contribution in [1.82, 2.24) is 10.2 Å². The van der Waals surface area contributed by atoms with Crippen molar-refractivity contribution in [3.63, 3.8) is 0 Å². The van der Waals surface area contributed by atoms with Gasteiger partial charge in [-0.15, -0.1) is 10.2 Å². The van der Waals surface area contributed by atoms with E-state index in [0.29, 0.717) is 5.92 Å². The van der Waals surface area contributed by atoms with Crippen LogP contribution in [-0.2, 0) is 0 Å². The predicted molar refractivity (Wildman–Crippen MR) is 44.6 cm³/mol. The highest BCUT2D eigenvalue weighted by atomic mass is 16.4. The summed E-state index contributed by atoms with van der Waals surface area (Å²) in [5.41, 5.74) is 0. The fourth-order valence-electron chi connectivity index (χ4n) is 1.77. The van der Waals surface area contributed by atoms with Crippen LogP contribution in [0.4, 0.5) is 0 Å². The van der Waals surface area contributed by atoms with E-state index in [-0.39, 0.29) is 0 Å². The first-order valence-corrected chi connectivity index (χ1v) is 4.53. The van der Waals surface area contributed by atoms with Gasteiger partial charge >= 0.3 is 0 Å². The summed E-state index contributed by atoms with van der Waals surface area (Å²) in [6.45, 7) is 4.55. The molecule has 0 bridgehead atoms. The van der Waals surface area contributed by atoms with Crippen LogP contribution in [-0.4, -0.2) is 10.2 Å². The number of hydrogen-bond donors (Lipinski definition) is 0. The van der Waals surface area contributed by atoms with Gasteiger partial charge in [-0.3, -0.25) is 0 Å². The van der Waals surface area contributed by atoms with Crippen LogP contribution in [0.3, 0.4) is 0 Å². The summed E-state index contributed by atoms with van der Waals surface area (Å²) in [4.78, 5) is 0. The summed E-state index contributed by atoms with van der Waals surface area (Å²) in [6, 6.07) is 0. The Hall–Kier alpha value is -0.860. The third-order valence-corrected chi connectivity index (χ3v) is 2.84. The molecule has 0 unspecified atom stereocenters. The molecule has 0 aliphatic heterocycles. The zero-order valence-corrected chi connectivity index (χ0v) is 7.53. The molecule has 0 spiro atoms. The second-order valence-corrected chi connectivity index (χ2v) is 3.95. The molecule has 0 saturated heterocycles. The van der Waals surface area contributed by atoms with Gasteiger partial charge in [0.2, 0.25) is 12.3 Å². The van der Waals surface area contributed by atoms with Crippen molar-refractivity contribution in [3.05, 3.63) is 12.3 Å². The molecule has 1 heterocycles. The Morgan fingerprint density at radius 3 is 2.75 bits per heavy atom. The Morgan fingerprint density at radius 2 is 2.25 bits per heavy atom. The number of aromatic nitrogens is 2. The maximum atomic E-state index is 5.14. The zero-order chi connectivity index (χ0) is 8.55. The van der Waals surface area contributed by atoms with Gasteiger partial charge in [0.05, 0.1) is 0 Å². The zero-order valence-electron chi connectivity index (χ0n) is 7.53. The first-order chi connectivity index (χ1) is 5.77. The third kappa shape index (κ3) is 1.24. The van der Waals surface area contributed by atoms with Crippen molar-refractivity contribution in [1.29, 1.82) is 0 Å². The lowest BCUT2D eigenvalue weighted by atomic mass is 9.69. The van der Waals surface area contributed by atoms with Gasteiger partial charge in [-0.25, -0.2) is 0 Å². The highest BCUT2D eigenvalue weighted by molar-refractivity contribution is 4.98. The van der Waals surface area contributed by atoms with Crippen LogP contribution < -0.4 is 0 Å². The van der Waals surface area contributed by atoms with Crippen molar-refractivity contribution < 1.29 is 4.42 Å². The Balaban J connectivity index is 1.90. The van der Waals surface area contributed by atoms with Crippen molar-refractivity contribution in [2.45, 2.75) is 32.6 Å². The van der Waals surface area contributed by atoms with E-state index in [4.69, 9.17) is 4.42 Å². The summed E-state index contributed by atoms with van der Waals surface area (Å²) in [6.07, 6.45) is 3.86. The molecule has 0 radical (unpaired) electrons. The molecule has 0 amide bonds. The lowest BCUT2D eigenvalue weighted by molar-refractivity contribution is 0.173. The van der Waals surface area contributed by atoms with E-state index in [2.05, 4.69) is 24.0 Å². The molecule has 1 aliphatic rings. The molecular formula is C9H14N2O. The van der Waals surface area contributed by atoms with E-state index in [1.54, 1.807) is 0 Å². The minimum atomic E-state index is 0.542. The normalized spacial score (nSPS) is 28.9. The van der Waals surface area contributed by atoms with Gasteiger partial charge in [-0.2, -0.15) is 0 Å². The van der Waals surface area contributed by atoms with E-state index in [1.165, 1.54) is 19.2 Å². The average molecular weight is 166 g/mol. The van der Waals surface area contributed by atoms with Crippen LogP contribution in [0.15, 0.2) is 10.8 Å². The van der Waals surface area contributed by atoms with Crippen LogP contribution in [0.5, 0.6) is 0 Å². The van der Waals surface area contributed by atoms with Crippen molar-refractivity contribution in [2.24, 2.45) is 11.8 Å². The van der Waals surface area contributed by atoms with Crippen molar-refractivity contribution >= 4 is 0 Å². The maximum Gasteiger partial charge on any atom is 0.219 e. The highest BCUT2D eigenvalue weighted by Crippen LogP contribution is 2.44. The lowest BCUT2D eigenvalue weighted by Crippen LogP contribution is -2.26. The molecule has 3 nitrogen and oxygen atoms in total. The Labute approximate surface area is 72.2 Å². The molecular weight excluding hydrogens is 152 g/mol. The first-order valence-electron chi connectivity index (χ1n) is 4.53. The van der Waals surface area contributed by atoms with Gasteiger partial charge in [-0.1, -0.05) is 13.8 Å². The third-order valence-electron chi connectivity index (χ3n) is 2.84. The van der Waals surface area contributed by atoms with Gasteiger partial charge in [0.1, 0.15) is 0 Å². The van der Waals surface area contributed by atoms with Crippen LogP contribution in [0.25, 0.3) is 0 Å². The van der Waals surface area contributed by atoms with Gasteiger partial charge in [-0.05, 0) is 24.7 Å². The summed E-state index contributed by atoms with van der Waals surface area (Å²) in [5, 5.41) is 7.59. The Morgan fingerprint density at radius 1 is 1.50 bits per heavy atom. The van der Waals surface area contributed by atoms with Gasteiger partial charge in [0, 0.05) is 5.92 Å². The molecule has 1 fully saturated rings. The van der Waals surface area contributed by atoms with E-state index < -0.39 is 0 Å². The van der Waals surface area contributed by atoms with E-state index >= 15 is 0 Å². The summed E-state index contributed by atoms with van der Waals surface area (Å²) in [7, 11) is 0. The molecule has 0 N–H and O–H groups in total. The molecule has 0 atom stereocenters. The molecule has 0 aromatic carbocycles. The largest absolute Gasteiger partial charge is 0.428 e. The first kappa shape index (κ1) is 7.77. The van der Waals surface area contributed by atoms with Crippen LogP contribution in [0.1, 0.15) is 38.5 Å². The van der Waals surface area contributed by atoms with Crippen molar-refractivity contribution in [3.8, 4) is 0 Å². The van der Waals surface area contributed by atoms with E-state index in [9.17, 15) is 0 Å². The van der Waals surface area contributed by atoms with Crippen molar-refractivity contribution in [2.75, 3.05) is 0 Å². The molecule has 1 aliphatic carbocycles. The molecule has 12 heavy (non-hydrogen) atoms. The molecule has 66 valence electrons. The molecule has 2 rings (SSSR count). The van der Waals surface area contributed by atoms with Gasteiger partial charge < -0.3 is 4.42 Å². The summed E-state index contributed by atoms with van der Waals surface area (Å²) < 4.78 is 5.14. The minimum absolute atomic E-state index is 0.542. The van der Waals surface area contributed by atoms with Gasteiger partial charge in [0.15, 0.2) is 0 Å². The smallest absolute Gasteiger partial charge is 0.219 e. The quantitative estimate of drug-likeness (QED) is 0.676. The molecule has 3 heteroatoms. The van der Waals surface area contributed by atoms with Gasteiger partial charge in [0.25, 0.3) is 0 Å². The monoisotopic (exact) mass is 166 g/mol. The number of hydrogen-bond acceptors (Lipinski definition) is 3. The Bertz CT molecular complexity index is 237. The minimum Gasteiger partial charge on any atom is -0.428 e. The number of nitrogens with zero attached hydrogens (tertiary/aromatic N) is 2. The lowest BCUT2D eigenvalue weighted by Gasteiger charge is -2.35. The standard InChI is InChI=1S/C9H14N2O/c1-6(2)7-3-8(4-7)9-11-10-5-12-9/h5-8H,3-4H2,1-2H3. The molecule has 1 aromatic rings. The molecule has 1 saturated carbocycles. The van der Waals surface area contributed by atoms with E-state index in [1.807, 2.05) is 0 Å². The van der Waals surface area contributed by atoms with E-state index in [0.717, 1.165) is 17.7 Å². The summed E-state index contributed by atoms with van der Waals surface area (Å²) >= 11 is 0. The second-order valence-electron chi connectivity index (χ2n) is 3.95. The SMILES string of the molecule is CC(C)C1CC(c2nnco2)C1. The topological polar surface area (TPSA) is 38.9 Å². The second kappa shape index (κ2) is 2.88. The number of rotatable bonds is 2. The Kier molecular flexibility index (Phi) is 1.87. The molecule has 1 aromatic heterocycles. The fourth-order valence-corrected chi connectivity index (χ4v) is 1.77. The summed E-state index contributed by atoms with van der Waals surface area (Å²) in [5.74, 6) is 3.03. The maximum absolute atomic E-state index is 5.14. The van der Waals surface area contributed by atoms with Crippen LogP contribution >= 0.6 is 0 Å². The predicted octanol–water partition coefficient (Wildman–Crippen LogP) is 2.22. The average Bonchev–Trinajstić information content (AvgIpc) is 2.34.